The van der Waals surface area contributed by atoms with Gasteiger partial charge in [-0.25, -0.2) is 4.39 Å². The molecule has 0 unspecified atom stereocenters. The van der Waals surface area contributed by atoms with E-state index in [1.165, 1.54) is 12.1 Å². The summed E-state index contributed by atoms with van der Waals surface area (Å²) in [5.41, 5.74) is 0.923. The Morgan fingerprint density at radius 2 is 1.95 bits per heavy atom. The van der Waals surface area contributed by atoms with Gasteiger partial charge in [-0.1, -0.05) is 32.4 Å². The minimum absolute atomic E-state index is 0.0208. The molecular weight excluding hydrogens is 267 g/mol. The molecule has 0 amide bonds. The second-order valence-electron chi connectivity index (χ2n) is 5.71. The van der Waals surface area contributed by atoms with Crippen LogP contribution < -0.4 is 0 Å². The Balaban J connectivity index is 2.43. The lowest BCUT2D eigenvalue weighted by atomic mass is 9.81. The Labute approximate surface area is 114 Å². The molecule has 5 heteroatoms. The largest absolute Gasteiger partial charge is 0.286 e. The molecule has 0 aliphatic heterocycles. The third kappa shape index (κ3) is 7.28. The second kappa shape index (κ2) is 6.48. The Morgan fingerprint density at radius 1 is 1.26 bits per heavy atom. The topological polar surface area (TPSA) is 54.4 Å². The van der Waals surface area contributed by atoms with Gasteiger partial charge in [-0.3, -0.25) is 4.55 Å². The Bertz CT molecular complexity index is 509. The third-order valence-corrected chi connectivity index (χ3v) is 3.88. The van der Waals surface area contributed by atoms with Gasteiger partial charge in [0, 0.05) is 0 Å². The van der Waals surface area contributed by atoms with E-state index < -0.39 is 10.1 Å². The zero-order valence-corrected chi connectivity index (χ0v) is 12.2. The van der Waals surface area contributed by atoms with E-state index in [0.29, 0.717) is 6.42 Å². The van der Waals surface area contributed by atoms with Gasteiger partial charge in [0.05, 0.1) is 5.75 Å². The zero-order chi connectivity index (χ0) is 14.5. The molecule has 0 spiro atoms. The Kier molecular flexibility index (Phi) is 5.50. The highest BCUT2D eigenvalue weighted by atomic mass is 32.2. The van der Waals surface area contributed by atoms with E-state index in [2.05, 4.69) is 13.8 Å². The Morgan fingerprint density at radius 3 is 2.53 bits per heavy atom. The first kappa shape index (κ1) is 16.1. The van der Waals surface area contributed by atoms with Gasteiger partial charge in [0.2, 0.25) is 0 Å². The number of hydrogen-bond acceptors (Lipinski definition) is 2. The molecule has 0 fully saturated rings. The lowest BCUT2D eigenvalue weighted by molar-refractivity contribution is 0.320. The van der Waals surface area contributed by atoms with Crippen LogP contribution in [0.1, 0.15) is 38.7 Å². The summed E-state index contributed by atoms with van der Waals surface area (Å²) in [6.45, 7) is 4.15. The van der Waals surface area contributed by atoms with Gasteiger partial charge in [0.15, 0.2) is 0 Å². The summed E-state index contributed by atoms with van der Waals surface area (Å²) in [5, 5.41) is 0. The predicted molar refractivity (Wildman–Crippen MR) is 74.2 cm³/mol. The molecular formula is C14H21FO3S. The number of halogens is 1. The first-order valence-corrected chi connectivity index (χ1v) is 7.98. The van der Waals surface area contributed by atoms with Crippen LogP contribution >= 0.6 is 0 Å². The molecule has 0 saturated carbocycles. The molecule has 0 radical (unpaired) electrons. The number of unbranched alkanes of at least 4 members (excludes halogenated alkanes) is 1. The molecule has 0 heterocycles. The maximum Gasteiger partial charge on any atom is 0.264 e. The molecule has 0 saturated heterocycles. The minimum Gasteiger partial charge on any atom is -0.286 e. The van der Waals surface area contributed by atoms with Crippen molar-refractivity contribution in [2.24, 2.45) is 5.41 Å². The van der Waals surface area contributed by atoms with Crippen molar-refractivity contribution >= 4 is 10.1 Å². The molecule has 1 rings (SSSR count). The van der Waals surface area contributed by atoms with Crippen molar-refractivity contribution in [3.63, 3.8) is 0 Å². The minimum atomic E-state index is -3.86. The molecule has 0 aliphatic carbocycles. The summed E-state index contributed by atoms with van der Waals surface area (Å²) < 4.78 is 42.9. The average molecular weight is 288 g/mol. The molecule has 1 aromatic carbocycles. The van der Waals surface area contributed by atoms with Gasteiger partial charge in [0.1, 0.15) is 5.82 Å². The highest BCUT2D eigenvalue weighted by Gasteiger charge is 2.18. The standard InChI is InChI=1S/C14H21FO3S/c1-14(2,8-3-4-9-19(16,17)18)11-12-6-5-7-13(15)10-12/h5-7,10H,3-4,8-9,11H2,1-2H3,(H,16,17,18). The number of hydrogen-bond donors (Lipinski definition) is 1. The van der Waals surface area contributed by atoms with Gasteiger partial charge in [0.25, 0.3) is 10.1 Å². The summed E-state index contributed by atoms with van der Waals surface area (Å²) in [4.78, 5) is 0. The highest BCUT2D eigenvalue weighted by Crippen LogP contribution is 2.28. The van der Waals surface area contributed by atoms with Crippen LogP contribution in [0.2, 0.25) is 0 Å². The SMILES string of the molecule is CC(C)(CCCCS(=O)(=O)O)Cc1cccc(F)c1. The van der Waals surface area contributed by atoms with Crippen molar-refractivity contribution in [2.75, 3.05) is 5.75 Å². The fourth-order valence-electron chi connectivity index (χ4n) is 2.18. The van der Waals surface area contributed by atoms with E-state index in [9.17, 15) is 12.8 Å². The van der Waals surface area contributed by atoms with Crippen LogP contribution in [0.25, 0.3) is 0 Å². The smallest absolute Gasteiger partial charge is 0.264 e. The fourth-order valence-corrected chi connectivity index (χ4v) is 2.74. The molecule has 108 valence electrons. The number of benzene rings is 1. The first-order valence-electron chi connectivity index (χ1n) is 6.38. The van der Waals surface area contributed by atoms with E-state index in [4.69, 9.17) is 4.55 Å². The molecule has 0 atom stereocenters. The zero-order valence-electron chi connectivity index (χ0n) is 11.4. The summed E-state index contributed by atoms with van der Waals surface area (Å²) in [7, 11) is -3.86. The summed E-state index contributed by atoms with van der Waals surface area (Å²) in [6, 6.07) is 6.53. The van der Waals surface area contributed by atoms with Crippen molar-refractivity contribution < 1.29 is 17.4 Å². The van der Waals surface area contributed by atoms with E-state index in [1.807, 2.05) is 6.07 Å². The fraction of sp³-hybridized carbons (Fsp3) is 0.571. The van der Waals surface area contributed by atoms with E-state index in [-0.39, 0.29) is 17.0 Å². The normalized spacial score (nSPS) is 12.6. The third-order valence-electron chi connectivity index (χ3n) is 3.08. The molecule has 19 heavy (non-hydrogen) atoms. The lowest BCUT2D eigenvalue weighted by Gasteiger charge is -2.24. The summed E-state index contributed by atoms with van der Waals surface area (Å²) >= 11 is 0. The Hall–Kier alpha value is -0.940. The monoisotopic (exact) mass is 288 g/mol. The summed E-state index contributed by atoms with van der Waals surface area (Å²) in [6.07, 6.45) is 2.75. The van der Waals surface area contributed by atoms with Crippen LogP contribution in [0.4, 0.5) is 4.39 Å². The van der Waals surface area contributed by atoms with Crippen LogP contribution in [0.3, 0.4) is 0 Å². The van der Waals surface area contributed by atoms with Gasteiger partial charge in [-0.15, -0.1) is 0 Å². The van der Waals surface area contributed by atoms with Crippen LogP contribution in [0, 0.1) is 11.2 Å². The quantitative estimate of drug-likeness (QED) is 0.617. The predicted octanol–water partition coefficient (Wildman–Crippen LogP) is 3.45. The molecule has 3 nitrogen and oxygen atoms in total. The summed E-state index contributed by atoms with van der Waals surface area (Å²) in [5.74, 6) is -0.428. The second-order valence-corrected chi connectivity index (χ2v) is 7.29. The molecule has 0 aromatic heterocycles. The first-order chi connectivity index (χ1) is 8.68. The van der Waals surface area contributed by atoms with Crippen molar-refractivity contribution in [1.29, 1.82) is 0 Å². The highest BCUT2D eigenvalue weighted by molar-refractivity contribution is 7.85. The molecule has 1 aromatic rings. The molecule has 1 N–H and O–H groups in total. The van der Waals surface area contributed by atoms with Crippen LogP contribution in [-0.4, -0.2) is 18.7 Å². The van der Waals surface area contributed by atoms with Crippen LogP contribution in [-0.2, 0) is 16.5 Å². The maximum absolute atomic E-state index is 13.1. The van der Waals surface area contributed by atoms with Gasteiger partial charge in [-0.05, 0) is 42.4 Å². The van der Waals surface area contributed by atoms with Gasteiger partial charge in [-0.2, -0.15) is 8.42 Å². The van der Waals surface area contributed by atoms with Crippen molar-refractivity contribution in [2.45, 2.75) is 39.5 Å². The number of rotatable bonds is 7. The van der Waals surface area contributed by atoms with Crippen molar-refractivity contribution in [1.82, 2.24) is 0 Å². The lowest BCUT2D eigenvalue weighted by Crippen LogP contribution is -2.15. The van der Waals surface area contributed by atoms with Crippen molar-refractivity contribution in [3.8, 4) is 0 Å². The van der Waals surface area contributed by atoms with Gasteiger partial charge >= 0.3 is 0 Å². The van der Waals surface area contributed by atoms with E-state index in [1.54, 1.807) is 6.07 Å². The average Bonchev–Trinajstić information content (AvgIpc) is 2.22. The van der Waals surface area contributed by atoms with Gasteiger partial charge < -0.3 is 0 Å². The molecule has 0 aliphatic rings. The van der Waals surface area contributed by atoms with E-state index >= 15 is 0 Å². The van der Waals surface area contributed by atoms with Crippen LogP contribution in [0.15, 0.2) is 24.3 Å². The maximum atomic E-state index is 13.1. The van der Waals surface area contributed by atoms with Crippen LogP contribution in [0.5, 0.6) is 0 Å². The van der Waals surface area contributed by atoms with E-state index in [0.717, 1.165) is 24.8 Å². The molecule has 0 bridgehead atoms. The van der Waals surface area contributed by atoms with Crippen molar-refractivity contribution in [3.05, 3.63) is 35.6 Å².